The molecule has 0 aliphatic carbocycles. The van der Waals surface area contributed by atoms with Gasteiger partial charge in [0.1, 0.15) is 12.4 Å². The highest BCUT2D eigenvalue weighted by Gasteiger charge is 2.34. The van der Waals surface area contributed by atoms with Crippen LogP contribution in [0.5, 0.6) is 5.75 Å². The van der Waals surface area contributed by atoms with E-state index in [1.807, 2.05) is 0 Å². The van der Waals surface area contributed by atoms with E-state index in [1.165, 1.54) is 25.1 Å². The molecule has 1 aliphatic heterocycles. The number of halogens is 3. The molecule has 1 saturated heterocycles. The fraction of sp³-hybridized carbons (Fsp3) is 0.529. The summed E-state index contributed by atoms with van der Waals surface area (Å²) in [6, 6.07) is 5.42. The topological polar surface area (TPSA) is 55.8 Å². The van der Waals surface area contributed by atoms with Crippen molar-refractivity contribution in [2.24, 2.45) is 5.92 Å². The minimum absolute atomic E-state index is 0.0433. The van der Waals surface area contributed by atoms with Crippen LogP contribution >= 0.6 is 0 Å². The molecule has 1 fully saturated rings. The molecule has 1 aliphatic rings. The molecule has 0 bridgehead atoms. The van der Waals surface area contributed by atoms with Gasteiger partial charge in [-0.1, -0.05) is 12.1 Å². The molecule has 0 radical (unpaired) electrons. The first-order valence-electron chi connectivity index (χ1n) is 8.01. The van der Waals surface area contributed by atoms with Crippen LogP contribution in [0.1, 0.15) is 30.1 Å². The molecule has 0 amide bonds. The summed E-state index contributed by atoms with van der Waals surface area (Å²) in [4.78, 5) is 25.4. The second-order valence-corrected chi connectivity index (χ2v) is 5.86. The Labute approximate surface area is 143 Å². The van der Waals surface area contributed by atoms with Gasteiger partial charge in [-0.15, -0.1) is 13.2 Å². The molecule has 0 atom stereocenters. The average molecular weight is 359 g/mol. The van der Waals surface area contributed by atoms with Gasteiger partial charge in [0, 0.05) is 19.4 Å². The number of likely N-dealkylation sites (tertiary alicyclic amines) is 1. The average Bonchev–Trinajstić information content (AvgIpc) is 2.53. The summed E-state index contributed by atoms with van der Waals surface area (Å²) in [6.45, 7) is 3.45. The number of alkyl halides is 3. The molecule has 0 aromatic heterocycles. The summed E-state index contributed by atoms with van der Waals surface area (Å²) in [5.74, 6) is -1.48. The molecule has 2 rings (SSSR count). The van der Waals surface area contributed by atoms with Crippen LogP contribution in [0.3, 0.4) is 0 Å². The molecule has 0 N–H and O–H groups in total. The number of ketones is 1. The van der Waals surface area contributed by atoms with E-state index >= 15 is 0 Å². The van der Waals surface area contributed by atoms with Gasteiger partial charge in [0.15, 0.2) is 5.78 Å². The number of hydrogen-bond donors (Lipinski definition) is 0. The third-order valence-electron chi connectivity index (χ3n) is 4.05. The molecule has 0 spiro atoms. The number of para-hydroxylation sites is 1. The molecular weight excluding hydrogens is 339 g/mol. The molecule has 1 aromatic carbocycles. The molecule has 138 valence electrons. The van der Waals surface area contributed by atoms with E-state index < -0.39 is 12.1 Å². The number of nitrogens with zero attached hydrogens (tertiary/aromatic N) is 1. The summed E-state index contributed by atoms with van der Waals surface area (Å²) in [7, 11) is 0. The fourth-order valence-electron chi connectivity index (χ4n) is 2.84. The van der Waals surface area contributed by atoms with Gasteiger partial charge in [-0.2, -0.15) is 0 Å². The Bertz CT molecular complexity index is 610. The summed E-state index contributed by atoms with van der Waals surface area (Å²) >= 11 is 0. The van der Waals surface area contributed by atoms with Crippen molar-refractivity contribution in [1.82, 2.24) is 4.90 Å². The van der Waals surface area contributed by atoms with Crippen molar-refractivity contribution < 1.29 is 32.2 Å². The van der Waals surface area contributed by atoms with Crippen molar-refractivity contribution in [1.29, 1.82) is 0 Å². The predicted molar refractivity (Wildman–Crippen MR) is 83.3 cm³/mol. The van der Waals surface area contributed by atoms with Gasteiger partial charge < -0.3 is 9.47 Å². The van der Waals surface area contributed by atoms with Crippen LogP contribution in [0, 0.1) is 5.92 Å². The van der Waals surface area contributed by atoms with Crippen LogP contribution in [0.2, 0.25) is 0 Å². The molecule has 5 nitrogen and oxygen atoms in total. The van der Waals surface area contributed by atoms with E-state index in [2.05, 4.69) is 9.64 Å². The number of rotatable bonds is 6. The van der Waals surface area contributed by atoms with Crippen LogP contribution < -0.4 is 4.74 Å². The van der Waals surface area contributed by atoms with Crippen molar-refractivity contribution in [3.05, 3.63) is 29.8 Å². The number of ether oxygens (including phenoxy) is 2. The van der Waals surface area contributed by atoms with E-state index in [0.717, 1.165) is 6.07 Å². The highest BCUT2D eigenvalue weighted by molar-refractivity contribution is 6.00. The van der Waals surface area contributed by atoms with Gasteiger partial charge in [-0.25, -0.2) is 0 Å². The van der Waals surface area contributed by atoms with Gasteiger partial charge in [0.05, 0.1) is 5.56 Å². The van der Waals surface area contributed by atoms with Crippen LogP contribution in [0.25, 0.3) is 0 Å². The van der Waals surface area contributed by atoms with E-state index in [9.17, 15) is 22.8 Å². The molecule has 1 heterocycles. The Balaban J connectivity index is 1.93. The number of Topliss-reactive ketones (excluding diaryl/α,β-unsaturated/α-hetero) is 1. The first-order valence-corrected chi connectivity index (χ1v) is 8.01. The first-order chi connectivity index (χ1) is 11.8. The minimum Gasteiger partial charge on any atom is -0.465 e. The lowest BCUT2D eigenvalue weighted by Gasteiger charge is -2.31. The molecule has 0 unspecified atom stereocenters. The Morgan fingerprint density at radius 2 is 1.84 bits per heavy atom. The monoisotopic (exact) mass is 359 g/mol. The highest BCUT2D eigenvalue weighted by Crippen LogP contribution is 2.30. The van der Waals surface area contributed by atoms with Gasteiger partial charge >= 0.3 is 12.3 Å². The number of esters is 1. The number of benzene rings is 1. The summed E-state index contributed by atoms with van der Waals surface area (Å²) in [5.41, 5.74) is -0.0433. The van der Waals surface area contributed by atoms with Gasteiger partial charge in [-0.05, 0) is 38.1 Å². The van der Waals surface area contributed by atoms with Crippen LogP contribution in [0.15, 0.2) is 24.3 Å². The zero-order valence-electron chi connectivity index (χ0n) is 13.8. The number of carbonyl (C=O) groups excluding carboxylic acids is 2. The Kier molecular flexibility index (Phi) is 6.41. The van der Waals surface area contributed by atoms with Crippen molar-refractivity contribution in [2.75, 3.05) is 26.2 Å². The van der Waals surface area contributed by atoms with E-state index in [0.29, 0.717) is 32.5 Å². The number of piperidine rings is 1. The Morgan fingerprint density at radius 1 is 1.20 bits per heavy atom. The lowest BCUT2D eigenvalue weighted by molar-refractivity contribution is -0.274. The predicted octanol–water partition coefficient (Wildman–Crippen LogP) is 3.04. The quantitative estimate of drug-likeness (QED) is 0.577. The summed E-state index contributed by atoms with van der Waals surface area (Å²) < 4.78 is 46.3. The maximum Gasteiger partial charge on any atom is 0.573 e. The lowest BCUT2D eigenvalue weighted by Crippen LogP contribution is -2.38. The maximum absolute atomic E-state index is 12.6. The lowest BCUT2D eigenvalue weighted by atomic mass is 9.88. The third-order valence-corrected chi connectivity index (χ3v) is 4.05. The number of carbonyl (C=O) groups is 2. The fourth-order valence-corrected chi connectivity index (χ4v) is 2.84. The molecule has 0 saturated carbocycles. The molecule has 1 aromatic rings. The number of hydrogen-bond acceptors (Lipinski definition) is 5. The Morgan fingerprint density at radius 3 is 2.44 bits per heavy atom. The molecular formula is C17H20F3NO4. The van der Waals surface area contributed by atoms with E-state index in [4.69, 9.17) is 4.74 Å². The van der Waals surface area contributed by atoms with Crippen molar-refractivity contribution in [3.8, 4) is 5.75 Å². The third kappa shape index (κ3) is 6.04. The smallest absolute Gasteiger partial charge is 0.465 e. The van der Waals surface area contributed by atoms with Crippen molar-refractivity contribution in [2.45, 2.75) is 26.1 Å². The Hall–Kier alpha value is -2.09. The highest BCUT2D eigenvalue weighted by atomic mass is 19.4. The van der Waals surface area contributed by atoms with Gasteiger partial charge in [0.2, 0.25) is 0 Å². The largest absolute Gasteiger partial charge is 0.573 e. The zero-order chi connectivity index (χ0) is 18.4. The van der Waals surface area contributed by atoms with Gasteiger partial charge in [0.25, 0.3) is 0 Å². The SMILES string of the molecule is CC(=O)OCCN1CCC(C(=O)c2ccccc2OC(F)(F)F)CC1. The van der Waals surface area contributed by atoms with Crippen LogP contribution in [0.4, 0.5) is 13.2 Å². The minimum atomic E-state index is -4.84. The normalized spacial score (nSPS) is 16.5. The first kappa shape index (κ1) is 19.2. The van der Waals surface area contributed by atoms with Crippen molar-refractivity contribution in [3.63, 3.8) is 0 Å². The van der Waals surface area contributed by atoms with Gasteiger partial charge in [-0.3, -0.25) is 14.5 Å². The summed E-state index contributed by atoms with van der Waals surface area (Å²) in [5, 5.41) is 0. The standard InChI is InChI=1S/C17H20F3NO4/c1-12(22)24-11-10-21-8-6-13(7-9-21)16(23)14-4-2-3-5-15(14)25-17(18,19)20/h2-5,13H,6-11H2,1H3. The molecule has 8 heteroatoms. The van der Waals surface area contributed by atoms with E-state index in [1.54, 1.807) is 0 Å². The van der Waals surface area contributed by atoms with Crippen LogP contribution in [-0.4, -0.2) is 49.3 Å². The van der Waals surface area contributed by atoms with Crippen LogP contribution in [-0.2, 0) is 9.53 Å². The van der Waals surface area contributed by atoms with Crippen molar-refractivity contribution >= 4 is 11.8 Å². The summed E-state index contributed by atoms with van der Waals surface area (Å²) in [6.07, 6.45) is -3.75. The maximum atomic E-state index is 12.6. The molecule has 25 heavy (non-hydrogen) atoms. The van der Waals surface area contributed by atoms with E-state index in [-0.39, 0.29) is 29.8 Å². The second-order valence-electron chi connectivity index (χ2n) is 5.86. The second kappa shape index (κ2) is 8.33. The zero-order valence-corrected chi connectivity index (χ0v) is 13.8.